The fourth-order valence-corrected chi connectivity index (χ4v) is 3.17. The normalized spacial score (nSPS) is 14.7. The van der Waals surface area contributed by atoms with Gasteiger partial charge < -0.3 is 0 Å². The van der Waals surface area contributed by atoms with E-state index in [9.17, 15) is 4.79 Å². The van der Waals surface area contributed by atoms with Crippen LogP contribution in [0.5, 0.6) is 0 Å². The van der Waals surface area contributed by atoms with Crippen molar-refractivity contribution in [1.82, 2.24) is 5.43 Å². The lowest BCUT2D eigenvalue weighted by atomic mass is 9.97. The summed E-state index contributed by atoms with van der Waals surface area (Å²) in [6.45, 7) is 0. The van der Waals surface area contributed by atoms with Crippen molar-refractivity contribution in [3.05, 3.63) is 59.1 Å². The smallest absolute Gasteiger partial charge is 0.243 e. The summed E-state index contributed by atoms with van der Waals surface area (Å²) in [6, 6.07) is 16.0. The molecule has 0 saturated heterocycles. The minimum absolute atomic E-state index is 0.00354. The summed E-state index contributed by atoms with van der Waals surface area (Å²) in [6.07, 6.45) is 3.66. The lowest BCUT2D eigenvalue weighted by Crippen LogP contribution is -2.19. The molecule has 1 amide bonds. The molecular formula is C19H15ClN2O. The Hall–Kier alpha value is -2.39. The van der Waals surface area contributed by atoms with Crippen LogP contribution >= 0.6 is 11.6 Å². The Morgan fingerprint density at radius 1 is 1.00 bits per heavy atom. The van der Waals surface area contributed by atoms with Crippen molar-refractivity contribution in [2.75, 3.05) is 0 Å². The van der Waals surface area contributed by atoms with Gasteiger partial charge in [-0.25, -0.2) is 5.43 Å². The van der Waals surface area contributed by atoms with Gasteiger partial charge in [-0.2, -0.15) is 5.10 Å². The number of carbonyl (C=O) groups is 1. The van der Waals surface area contributed by atoms with E-state index < -0.39 is 0 Å². The van der Waals surface area contributed by atoms with Crippen LogP contribution in [0.25, 0.3) is 21.5 Å². The van der Waals surface area contributed by atoms with Crippen LogP contribution in [0.15, 0.2) is 53.6 Å². The Labute approximate surface area is 138 Å². The molecule has 0 aromatic heterocycles. The first-order valence-corrected chi connectivity index (χ1v) is 8.05. The lowest BCUT2D eigenvalue weighted by Gasteiger charge is -2.10. The Morgan fingerprint density at radius 2 is 1.52 bits per heavy atom. The molecular weight excluding hydrogens is 308 g/mol. The van der Waals surface area contributed by atoms with Crippen molar-refractivity contribution >= 4 is 45.3 Å². The predicted octanol–water partition coefficient (Wildman–Crippen LogP) is 4.51. The highest BCUT2D eigenvalue weighted by Crippen LogP contribution is 2.35. The summed E-state index contributed by atoms with van der Waals surface area (Å²) in [5, 5.41) is 8.94. The van der Waals surface area contributed by atoms with Crippen molar-refractivity contribution in [2.24, 2.45) is 11.0 Å². The highest BCUT2D eigenvalue weighted by Gasteiger charge is 2.29. The molecule has 1 fully saturated rings. The Kier molecular flexibility index (Phi) is 3.50. The van der Waals surface area contributed by atoms with Crippen molar-refractivity contribution in [3.8, 4) is 0 Å². The van der Waals surface area contributed by atoms with E-state index in [2.05, 4.69) is 10.5 Å². The zero-order valence-electron chi connectivity index (χ0n) is 12.4. The third-order valence-corrected chi connectivity index (χ3v) is 4.63. The quantitative estimate of drug-likeness (QED) is 0.430. The molecule has 3 aromatic carbocycles. The molecule has 0 bridgehead atoms. The van der Waals surface area contributed by atoms with Gasteiger partial charge >= 0.3 is 0 Å². The van der Waals surface area contributed by atoms with Gasteiger partial charge in [0, 0.05) is 22.3 Å². The second kappa shape index (κ2) is 5.67. The SMILES string of the molecule is O=C(N/N=C/c1c2ccccc2c(Cl)c2ccccc12)C1CC1. The molecule has 0 unspecified atom stereocenters. The van der Waals surface area contributed by atoms with E-state index in [1.807, 2.05) is 48.5 Å². The number of rotatable bonds is 3. The van der Waals surface area contributed by atoms with Crippen LogP contribution in [0.4, 0.5) is 0 Å². The van der Waals surface area contributed by atoms with Gasteiger partial charge in [0.1, 0.15) is 0 Å². The minimum atomic E-state index is 0.00354. The molecule has 1 N–H and O–H groups in total. The maximum Gasteiger partial charge on any atom is 0.243 e. The number of benzene rings is 3. The second-order valence-corrected chi connectivity index (χ2v) is 6.21. The van der Waals surface area contributed by atoms with E-state index >= 15 is 0 Å². The summed E-state index contributed by atoms with van der Waals surface area (Å²) >= 11 is 6.57. The van der Waals surface area contributed by atoms with Crippen LogP contribution in [-0.4, -0.2) is 12.1 Å². The molecule has 1 aliphatic rings. The van der Waals surface area contributed by atoms with Crippen LogP contribution in [0.3, 0.4) is 0 Å². The van der Waals surface area contributed by atoms with Crippen molar-refractivity contribution in [1.29, 1.82) is 0 Å². The van der Waals surface area contributed by atoms with Gasteiger partial charge in [-0.05, 0) is 23.6 Å². The standard InChI is InChI=1S/C19H15ClN2O/c20-18-15-7-3-1-5-13(15)17(14-6-2-4-8-16(14)18)11-21-22-19(23)12-9-10-12/h1-8,11-12H,9-10H2,(H,22,23)/b21-11+. The molecule has 0 aliphatic heterocycles. The zero-order chi connectivity index (χ0) is 15.8. The van der Waals surface area contributed by atoms with E-state index in [-0.39, 0.29) is 11.8 Å². The first-order chi connectivity index (χ1) is 11.3. The van der Waals surface area contributed by atoms with Gasteiger partial charge in [-0.15, -0.1) is 0 Å². The van der Waals surface area contributed by atoms with Crippen molar-refractivity contribution in [2.45, 2.75) is 12.8 Å². The molecule has 4 heteroatoms. The maximum absolute atomic E-state index is 11.7. The monoisotopic (exact) mass is 322 g/mol. The maximum atomic E-state index is 11.7. The van der Waals surface area contributed by atoms with Gasteiger partial charge in [0.15, 0.2) is 0 Å². The predicted molar refractivity (Wildman–Crippen MR) is 94.9 cm³/mol. The summed E-state index contributed by atoms with van der Waals surface area (Å²) in [4.78, 5) is 11.7. The largest absolute Gasteiger partial charge is 0.273 e. The van der Waals surface area contributed by atoms with Crippen molar-refractivity contribution < 1.29 is 4.79 Å². The van der Waals surface area contributed by atoms with Gasteiger partial charge in [-0.3, -0.25) is 4.79 Å². The van der Waals surface area contributed by atoms with Gasteiger partial charge in [0.05, 0.1) is 11.2 Å². The Bertz CT molecular complexity index is 888. The molecule has 4 rings (SSSR count). The first kappa shape index (κ1) is 14.2. The molecule has 0 heterocycles. The third-order valence-electron chi connectivity index (χ3n) is 4.22. The van der Waals surface area contributed by atoms with E-state index in [0.29, 0.717) is 0 Å². The Morgan fingerprint density at radius 3 is 2.04 bits per heavy atom. The van der Waals surface area contributed by atoms with Crippen LogP contribution < -0.4 is 5.43 Å². The number of carbonyl (C=O) groups excluding carboxylic acids is 1. The number of amides is 1. The number of nitrogens with one attached hydrogen (secondary N) is 1. The van der Waals surface area contributed by atoms with Gasteiger partial charge in [-0.1, -0.05) is 60.1 Å². The average molecular weight is 323 g/mol. The molecule has 0 radical (unpaired) electrons. The number of halogens is 1. The zero-order valence-corrected chi connectivity index (χ0v) is 13.2. The molecule has 114 valence electrons. The fourth-order valence-electron chi connectivity index (χ4n) is 2.85. The third kappa shape index (κ3) is 2.57. The first-order valence-electron chi connectivity index (χ1n) is 7.67. The van der Waals surface area contributed by atoms with E-state index in [1.54, 1.807) is 6.21 Å². The molecule has 1 saturated carbocycles. The number of fused-ring (bicyclic) bond motifs is 2. The van der Waals surface area contributed by atoms with E-state index in [4.69, 9.17) is 11.6 Å². The molecule has 1 aliphatic carbocycles. The number of hydrogen-bond donors (Lipinski definition) is 1. The number of hydrazone groups is 1. The fraction of sp³-hybridized carbons (Fsp3) is 0.158. The second-order valence-electron chi connectivity index (χ2n) is 5.83. The van der Waals surface area contributed by atoms with Crippen LogP contribution in [-0.2, 0) is 4.79 Å². The van der Waals surface area contributed by atoms with Crippen molar-refractivity contribution in [3.63, 3.8) is 0 Å². The highest BCUT2D eigenvalue weighted by molar-refractivity contribution is 6.42. The minimum Gasteiger partial charge on any atom is -0.273 e. The summed E-state index contributed by atoms with van der Waals surface area (Å²) in [5.74, 6) is 0.148. The number of hydrogen-bond acceptors (Lipinski definition) is 2. The summed E-state index contributed by atoms with van der Waals surface area (Å²) in [5.41, 5.74) is 3.60. The summed E-state index contributed by atoms with van der Waals surface area (Å²) in [7, 11) is 0. The van der Waals surface area contributed by atoms with Crippen LogP contribution in [0.2, 0.25) is 5.02 Å². The average Bonchev–Trinajstić information content (AvgIpc) is 3.43. The van der Waals surface area contributed by atoms with E-state index in [0.717, 1.165) is 45.0 Å². The topological polar surface area (TPSA) is 41.5 Å². The molecule has 3 aromatic rings. The number of nitrogens with zero attached hydrogens (tertiary/aromatic N) is 1. The molecule has 3 nitrogen and oxygen atoms in total. The van der Waals surface area contributed by atoms with Crippen LogP contribution in [0, 0.1) is 5.92 Å². The van der Waals surface area contributed by atoms with E-state index in [1.165, 1.54) is 0 Å². The molecule has 23 heavy (non-hydrogen) atoms. The summed E-state index contributed by atoms with van der Waals surface area (Å²) < 4.78 is 0. The molecule has 0 atom stereocenters. The van der Waals surface area contributed by atoms with Gasteiger partial charge in [0.25, 0.3) is 0 Å². The van der Waals surface area contributed by atoms with Crippen LogP contribution in [0.1, 0.15) is 18.4 Å². The molecule has 0 spiro atoms. The Balaban J connectivity index is 1.86. The van der Waals surface area contributed by atoms with Gasteiger partial charge in [0.2, 0.25) is 5.91 Å². The lowest BCUT2D eigenvalue weighted by molar-refractivity contribution is -0.122. The highest BCUT2D eigenvalue weighted by atomic mass is 35.5.